The summed E-state index contributed by atoms with van der Waals surface area (Å²) in [7, 11) is -2.10. The topological polar surface area (TPSA) is 18.5 Å². The van der Waals surface area contributed by atoms with Gasteiger partial charge in [0.1, 0.15) is 0 Å². The van der Waals surface area contributed by atoms with Crippen molar-refractivity contribution >= 4 is 8.56 Å². The molecule has 0 N–H and O–H groups in total. The highest BCUT2D eigenvalue weighted by molar-refractivity contribution is 6.71. The summed E-state index contributed by atoms with van der Waals surface area (Å²) < 4.78 is 11.9. The molecule has 0 heterocycles. The van der Waals surface area contributed by atoms with Crippen LogP contribution in [-0.2, 0) is 8.85 Å². The highest BCUT2D eigenvalue weighted by atomic mass is 28.4. The van der Waals surface area contributed by atoms with Crippen LogP contribution < -0.4 is 0 Å². The van der Waals surface area contributed by atoms with Crippen molar-refractivity contribution in [2.75, 3.05) is 13.2 Å². The predicted molar refractivity (Wildman–Crippen MR) is 86.6 cm³/mol. The van der Waals surface area contributed by atoms with E-state index in [-0.39, 0.29) is 0 Å². The molecular formula is C16H34O2Si. The zero-order valence-electron chi connectivity index (χ0n) is 13.5. The van der Waals surface area contributed by atoms with Gasteiger partial charge in [0.25, 0.3) is 0 Å². The third-order valence-corrected chi connectivity index (χ3v) is 5.47. The molecule has 0 aliphatic rings. The maximum absolute atomic E-state index is 5.96. The van der Waals surface area contributed by atoms with E-state index in [4.69, 9.17) is 8.85 Å². The first-order valence-corrected chi connectivity index (χ1v) is 10.3. The Balaban J connectivity index is 3.57. The number of rotatable bonds is 13. The van der Waals surface area contributed by atoms with Gasteiger partial charge in [-0.05, 0) is 24.6 Å². The minimum Gasteiger partial charge on any atom is -0.391 e. The molecule has 0 aliphatic carbocycles. The van der Waals surface area contributed by atoms with Gasteiger partial charge in [0, 0.05) is 13.2 Å². The molecule has 0 aromatic heterocycles. The maximum Gasteiger partial charge on any atom is 0.361 e. The second kappa shape index (κ2) is 11.7. The minimum atomic E-state index is -2.10. The smallest absolute Gasteiger partial charge is 0.361 e. The van der Waals surface area contributed by atoms with Crippen LogP contribution in [0.25, 0.3) is 0 Å². The third-order valence-electron chi connectivity index (χ3n) is 3.21. The van der Waals surface area contributed by atoms with Gasteiger partial charge >= 0.3 is 8.56 Å². The molecular weight excluding hydrogens is 252 g/mol. The van der Waals surface area contributed by atoms with Gasteiger partial charge in [0.2, 0.25) is 0 Å². The molecule has 1 unspecified atom stereocenters. The monoisotopic (exact) mass is 286 g/mol. The summed E-state index contributed by atoms with van der Waals surface area (Å²) in [6.45, 7) is 14.1. The highest BCUT2D eigenvalue weighted by Crippen LogP contribution is 2.13. The first kappa shape index (κ1) is 18.9. The molecule has 0 saturated carbocycles. The van der Waals surface area contributed by atoms with Gasteiger partial charge in [-0.2, -0.15) is 0 Å². The first-order chi connectivity index (χ1) is 9.04. The van der Waals surface area contributed by atoms with E-state index in [2.05, 4.69) is 33.9 Å². The zero-order valence-corrected chi connectivity index (χ0v) is 14.5. The Morgan fingerprint density at radius 3 is 2.11 bits per heavy atom. The van der Waals surface area contributed by atoms with E-state index in [0.29, 0.717) is 5.92 Å². The Morgan fingerprint density at radius 2 is 1.58 bits per heavy atom. The Labute approximate surface area is 121 Å². The van der Waals surface area contributed by atoms with Crippen molar-refractivity contribution in [1.82, 2.24) is 0 Å². The lowest BCUT2D eigenvalue weighted by Crippen LogP contribution is -2.38. The number of unbranched alkanes of at least 4 members (excludes halogenated alkanes) is 6. The van der Waals surface area contributed by atoms with E-state index in [1.54, 1.807) is 0 Å². The SMILES string of the molecule is C=C[Si](C)(OCCCCCCCCC)OCC(C)C. The van der Waals surface area contributed by atoms with Crippen LogP contribution in [0.3, 0.4) is 0 Å². The second-order valence-corrected chi connectivity index (χ2v) is 8.91. The summed E-state index contributed by atoms with van der Waals surface area (Å²) >= 11 is 0. The Morgan fingerprint density at radius 1 is 1.00 bits per heavy atom. The lowest BCUT2D eigenvalue weighted by molar-refractivity contribution is 0.164. The van der Waals surface area contributed by atoms with Crippen molar-refractivity contribution in [3.8, 4) is 0 Å². The molecule has 0 aromatic rings. The van der Waals surface area contributed by atoms with E-state index in [1.807, 2.05) is 5.70 Å². The summed E-state index contributed by atoms with van der Waals surface area (Å²) in [6.07, 6.45) is 9.20. The maximum atomic E-state index is 5.96. The zero-order chi connectivity index (χ0) is 14.6. The average Bonchev–Trinajstić information content (AvgIpc) is 2.39. The van der Waals surface area contributed by atoms with Gasteiger partial charge in [-0.15, -0.1) is 6.58 Å². The summed E-state index contributed by atoms with van der Waals surface area (Å²) in [5, 5.41) is 0. The molecule has 0 saturated heterocycles. The largest absolute Gasteiger partial charge is 0.391 e. The standard InChI is InChI=1S/C16H34O2Si/c1-6-8-9-10-11-12-13-14-17-19(5,7-2)18-15-16(3)4/h7,16H,2,6,8-15H2,1,3-5H3. The van der Waals surface area contributed by atoms with Crippen molar-refractivity contribution in [2.45, 2.75) is 72.3 Å². The van der Waals surface area contributed by atoms with Crippen LogP contribution in [0.2, 0.25) is 6.55 Å². The van der Waals surface area contributed by atoms with Crippen molar-refractivity contribution in [3.63, 3.8) is 0 Å². The quantitative estimate of drug-likeness (QED) is 0.341. The van der Waals surface area contributed by atoms with Crippen molar-refractivity contribution in [3.05, 3.63) is 12.3 Å². The predicted octanol–water partition coefficient (Wildman–Crippen LogP) is 5.22. The summed E-state index contributed by atoms with van der Waals surface area (Å²) in [4.78, 5) is 0. The molecule has 3 heteroatoms. The van der Waals surface area contributed by atoms with Crippen molar-refractivity contribution < 1.29 is 8.85 Å². The first-order valence-electron chi connectivity index (χ1n) is 7.95. The van der Waals surface area contributed by atoms with E-state index < -0.39 is 8.56 Å². The second-order valence-electron chi connectivity index (χ2n) is 5.89. The van der Waals surface area contributed by atoms with Gasteiger partial charge < -0.3 is 8.85 Å². The summed E-state index contributed by atoms with van der Waals surface area (Å²) in [5.41, 5.74) is 1.90. The van der Waals surface area contributed by atoms with Crippen molar-refractivity contribution in [1.29, 1.82) is 0 Å². The lowest BCUT2D eigenvalue weighted by atomic mass is 10.1. The van der Waals surface area contributed by atoms with Gasteiger partial charge in [0.15, 0.2) is 0 Å². The van der Waals surface area contributed by atoms with Gasteiger partial charge in [0.05, 0.1) is 0 Å². The van der Waals surface area contributed by atoms with Gasteiger partial charge in [-0.3, -0.25) is 0 Å². The molecule has 1 atom stereocenters. The molecule has 0 bridgehead atoms. The van der Waals surface area contributed by atoms with Crippen LogP contribution in [0.4, 0.5) is 0 Å². The molecule has 2 nitrogen and oxygen atoms in total. The fourth-order valence-corrected chi connectivity index (χ4v) is 3.36. The molecule has 0 aliphatic heterocycles. The average molecular weight is 287 g/mol. The number of hydrogen-bond donors (Lipinski definition) is 0. The Kier molecular flexibility index (Phi) is 11.6. The fraction of sp³-hybridized carbons (Fsp3) is 0.875. The van der Waals surface area contributed by atoms with Crippen LogP contribution in [0, 0.1) is 5.92 Å². The minimum absolute atomic E-state index is 0.550. The lowest BCUT2D eigenvalue weighted by Gasteiger charge is -2.24. The molecule has 0 fully saturated rings. The molecule has 0 spiro atoms. The number of hydrogen-bond acceptors (Lipinski definition) is 2. The van der Waals surface area contributed by atoms with E-state index in [1.165, 1.54) is 38.5 Å². The van der Waals surface area contributed by atoms with Crippen LogP contribution >= 0.6 is 0 Å². The van der Waals surface area contributed by atoms with E-state index in [0.717, 1.165) is 19.6 Å². The van der Waals surface area contributed by atoms with Crippen molar-refractivity contribution in [2.24, 2.45) is 5.92 Å². The van der Waals surface area contributed by atoms with E-state index in [9.17, 15) is 0 Å². The Bertz CT molecular complexity index is 219. The molecule has 0 radical (unpaired) electrons. The third kappa shape index (κ3) is 11.4. The molecule has 0 rings (SSSR count). The summed E-state index contributed by atoms with van der Waals surface area (Å²) in [6, 6.07) is 0. The fourth-order valence-electron chi connectivity index (χ4n) is 1.83. The normalized spacial score (nSPS) is 14.6. The van der Waals surface area contributed by atoms with Gasteiger partial charge in [-0.25, -0.2) is 0 Å². The van der Waals surface area contributed by atoms with Crippen LogP contribution in [-0.4, -0.2) is 21.8 Å². The molecule has 0 aromatic carbocycles. The van der Waals surface area contributed by atoms with Crippen LogP contribution in [0.15, 0.2) is 12.3 Å². The molecule has 114 valence electrons. The highest BCUT2D eigenvalue weighted by Gasteiger charge is 2.27. The summed E-state index contributed by atoms with van der Waals surface area (Å²) in [5.74, 6) is 0.550. The van der Waals surface area contributed by atoms with E-state index >= 15 is 0 Å². The Hall–Kier alpha value is -0.123. The molecule has 19 heavy (non-hydrogen) atoms. The van der Waals surface area contributed by atoms with Crippen LogP contribution in [0.5, 0.6) is 0 Å². The van der Waals surface area contributed by atoms with Gasteiger partial charge in [-0.1, -0.05) is 59.3 Å². The molecule has 0 amide bonds. The van der Waals surface area contributed by atoms with Crippen LogP contribution in [0.1, 0.15) is 65.7 Å².